The fourth-order valence-electron chi connectivity index (χ4n) is 1.36. The van der Waals surface area contributed by atoms with Gasteiger partial charge in [0.05, 0.1) is 18.7 Å². The molecule has 0 atom stereocenters. The number of esters is 1. The van der Waals surface area contributed by atoms with Crippen molar-refractivity contribution >= 4 is 28.6 Å². The molecule has 0 aliphatic heterocycles. The largest absolute Gasteiger partial charge is 0.574 e. The number of halogens is 4. The summed E-state index contributed by atoms with van der Waals surface area (Å²) < 4.78 is 45.9. The van der Waals surface area contributed by atoms with Crippen LogP contribution in [-0.2, 0) is 22.5 Å². The maximum Gasteiger partial charge on any atom is 0.574 e. The van der Waals surface area contributed by atoms with Crippen molar-refractivity contribution in [3.8, 4) is 5.88 Å². The number of carbonyl (C=O) groups is 1. The van der Waals surface area contributed by atoms with Crippen LogP contribution in [0.4, 0.5) is 13.2 Å². The highest BCUT2D eigenvalue weighted by molar-refractivity contribution is 14.1. The maximum atomic E-state index is 12.3. The van der Waals surface area contributed by atoms with Gasteiger partial charge in [-0.2, -0.15) is 0 Å². The highest BCUT2D eigenvalue weighted by atomic mass is 127. The van der Waals surface area contributed by atoms with Crippen LogP contribution in [0.1, 0.15) is 18.2 Å². The molecule has 0 fully saturated rings. The Labute approximate surface area is 126 Å². The molecule has 9 heteroatoms. The lowest BCUT2D eigenvalue weighted by Gasteiger charge is -2.13. The number of hydrogen-bond donors (Lipinski definition) is 1. The predicted octanol–water partition coefficient (Wildman–Crippen LogP) is 2.15. The van der Waals surface area contributed by atoms with Crippen molar-refractivity contribution in [1.29, 1.82) is 0 Å². The van der Waals surface area contributed by atoms with Crippen molar-refractivity contribution in [2.24, 2.45) is 5.73 Å². The Morgan fingerprint density at radius 1 is 1.50 bits per heavy atom. The van der Waals surface area contributed by atoms with Gasteiger partial charge in [0.15, 0.2) is 0 Å². The number of pyridine rings is 1. The first kappa shape index (κ1) is 17.0. The molecule has 5 nitrogen and oxygen atoms in total. The van der Waals surface area contributed by atoms with Crippen molar-refractivity contribution in [1.82, 2.24) is 4.98 Å². The van der Waals surface area contributed by atoms with E-state index in [1.165, 1.54) is 6.07 Å². The van der Waals surface area contributed by atoms with Gasteiger partial charge in [-0.25, -0.2) is 4.98 Å². The number of rotatable bonds is 5. The van der Waals surface area contributed by atoms with E-state index < -0.39 is 18.2 Å². The molecule has 0 amide bonds. The van der Waals surface area contributed by atoms with Gasteiger partial charge >= 0.3 is 12.3 Å². The fourth-order valence-corrected chi connectivity index (χ4v) is 2.05. The van der Waals surface area contributed by atoms with Crippen molar-refractivity contribution < 1.29 is 27.4 Å². The van der Waals surface area contributed by atoms with Gasteiger partial charge in [-0.05, 0) is 35.6 Å². The zero-order chi connectivity index (χ0) is 15.3. The summed E-state index contributed by atoms with van der Waals surface area (Å²) in [6.07, 6.45) is -5.10. The molecule has 0 aliphatic carbocycles. The van der Waals surface area contributed by atoms with E-state index in [0.717, 1.165) is 0 Å². The summed E-state index contributed by atoms with van der Waals surface area (Å²) in [4.78, 5) is 15.1. The lowest BCUT2D eigenvalue weighted by molar-refractivity contribution is -0.276. The molecule has 0 unspecified atom stereocenters. The number of alkyl halides is 3. The Balaban J connectivity index is 3.07. The van der Waals surface area contributed by atoms with Crippen LogP contribution >= 0.6 is 22.6 Å². The second-order valence-electron chi connectivity index (χ2n) is 3.61. The number of nitrogens with two attached hydrogens (primary N) is 1. The molecule has 1 aromatic rings. The minimum atomic E-state index is -4.87. The highest BCUT2D eigenvalue weighted by Crippen LogP contribution is 2.27. The topological polar surface area (TPSA) is 74.4 Å². The molecule has 2 N–H and O–H groups in total. The zero-order valence-electron chi connectivity index (χ0n) is 10.5. The minimum absolute atomic E-state index is 0.110. The van der Waals surface area contributed by atoms with Gasteiger partial charge in [0.1, 0.15) is 0 Å². The summed E-state index contributed by atoms with van der Waals surface area (Å²) in [5, 5.41) is 0. The number of ether oxygens (including phenoxy) is 2. The molecule has 1 heterocycles. The van der Waals surface area contributed by atoms with Crippen LogP contribution in [0, 0.1) is 3.57 Å². The average molecular weight is 404 g/mol. The predicted molar refractivity (Wildman–Crippen MR) is 71.9 cm³/mol. The molecule has 20 heavy (non-hydrogen) atoms. The molecule has 0 saturated heterocycles. The van der Waals surface area contributed by atoms with Crippen molar-refractivity contribution in [3.63, 3.8) is 0 Å². The first-order valence-electron chi connectivity index (χ1n) is 5.56. The first-order valence-corrected chi connectivity index (χ1v) is 6.64. The van der Waals surface area contributed by atoms with Crippen LogP contribution < -0.4 is 10.5 Å². The van der Waals surface area contributed by atoms with E-state index in [0.29, 0.717) is 3.57 Å². The molecule has 0 radical (unpaired) electrons. The lowest BCUT2D eigenvalue weighted by Crippen LogP contribution is -2.21. The van der Waals surface area contributed by atoms with Crippen LogP contribution in [0.3, 0.4) is 0 Å². The standard InChI is InChI=1S/C11H12F3IN2O3/c1-2-19-9(18)4-8-7(15)3-6(5-16)10(17-8)20-11(12,13)14/h3H,2,4-5,16H2,1H3. The zero-order valence-corrected chi connectivity index (χ0v) is 12.6. The van der Waals surface area contributed by atoms with E-state index >= 15 is 0 Å². The Hall–Kier alpha value is -1.10. The van der Waals surface area contributed by atoms with E-state index in [9.17, 15) is 18.0 Å². The van der Waals surface area contributed by atoms with Crippen LogP contribution in [0.5, 0.6) is 5.88 Å². The minimum Gasteiger partial charge on any atom is -0.466 e. The Morgan fingerprint density at radius 3 is 2.65 bits per heavy atom. The van der Waals surface area contributed by atoms with Gasteiger partial charge in [-0.1, -0.05) is 0 Å². The van der Waals surface area contributed by atoms with Crippen molar-refractivity contribution in [2.75, 3.05) is 6.61 Å². The molecular weight excluding hydrogens is 392 g/mol. The Kier molecular flexibility index (Phi) is 5.99. The van der Waals surface area contributed by atoms with Gasteiger partial charge in [0.25, 0.3) is 0 Å². The van der Waals surface area contributed by atoms with Crippen LogP contribution in [0.25, 0.3) is 0 Å². The number of carbonyl (C=O) groups excluding carboxylic acids is 1. The second-order valence-corrected chi connectivity index (χ2v) is 4.78. The summed E-state index contributed by atoms with van der Waals surface area (Å²) in [5.41, 5.74) is 5.62. The Morgan fingerprint density at radius 2 is 2.15 bits per heavy atom. The quantitative estimate of drug-likeness (QED) is 0.602. The van der Waals surface area contributed by atoms with Crippen molar-refractivity contribution in [3.05, 3.63) is 20.9 Å². The summed E-state index contributed by atoms with van der Waals surface area (Å²) in [6.45, 7) is 1.66. The van der Waals surface area contributed by atoms with E-state index in [4.69, 9.17) is 10.5 Å². The molecule has 112 valence electrons. The van der Waals surface area contributed by atoms with Crippen molar-refractivity contribution in [2.45, 2.75) is 26.3 Å². The smallest absolute Gasteiger partial charge is 0.466 e. The number of aromatic nitrogens is 1. The molecule has 0 aliphatic rings. The molecule has 0 aromatic carbocycles. The van der Waals surface area contributed by atoms with E-state index in [2.05, 4.69) is 9.72 Å². The van der Waals surface area contributed by atoms with E-state index in [1.54, 1.807) is 6.92 Å². The fraction of sp³-hybridized carbons (Fsp3) is 0.455. The Bertz CT molecular complexity index is 495. The molecule has 0 bridgehead atoms. The lowest BCUT2D eigenvalue weighted by atomic mass is 10.2. The molecule has 1 rings (SSSR count). The molecule has 0 spiro atoms. The van der Waals surface area contributed by atoms with E-state index in [-0.39, 0.29) is 30.8 Å². The monoisotopic (exact) mass is 404 g/mol. The number of hydrogen-bond acceptors (Lipinski definition) is 5. The third-order valence-electron chi connectivity index (χ3n) is 2.14. The summed E-state index contributed by atoms with van der Waals surface area (Å²) in [5.74, 6) is -1.21. The number of nitrogens with zero attached hydrogens (tertiary/aromatic N) is 1. The first-order chi connectivity index (χ1) is 9.26. The van der Waals surface area contributed by atoms with Crippen LogP contribution in [0.15, 0.2) is 6.07 Å². The highest BCUT2D eigenvalue weighted by Gasteiger charge is 2.33. The summed E-state index contributed by atoms with van der Waals surface area (Å²) in [6, 6.07) is 1.41. The van der Waals surface area contributed by atoms with Crippen LogP contribution in [-0.4, -0.2) is 23.9 Å². The van der Waals surface area contributed by atoms with Gasteiger partial charge in [-0.15, -0.1) is 13.2 Å². The SMILES string of the molecule is CCOC(=O)Cc1nc(OC(F)(F)F)c(CN)cc1I. The normalized spacial score (nSPS) is 11.3. The van der Waals surface area contributed by atoms with Gasteiger partial charge in [-0.3, -0.25) is 4.79 Å². The summed E-state index contributed by atoms with van der Waals surface area (Å²) in [7, 11) is 0. The average Bonchev–Trinajstić information content (AvgIpc) is 2.31. The van der Waals surface area contributed by atoms with Crippen LogP contribution in [0.2, 0.25) is 0 Å². The third-order valence-corrected chi connectivity index (χ3v) is 3.07. The molecule has 1 aromatic heterocycles. The van der Waals surface area contributed by atoms with E-state index in [1.807, 2.05) is 22.6 Å². The molecule has 0 saturated carbocycles. The maximum absolute atomic E-state index is 12.3. The van der Waals surface area contributed by atoms with Gasteiger partial charge in [0, 0.05) is 15.7 Å². The second kappa shape index (κ2) is 7.07. The third kappa shape index (κ3) is 5.12. The molecular formula is C11H12F3IN2O3. The summed E-state index contributed by atoms with van der Waals surface area (Å²) >= 11 is 1.86. The van der Waals surface area contributed by atoms with Gasteiger partial charge in [0.2, 0.25) is 5.88 Å². The van der Waals surface area contributed by atoms with Gasteiger partial charge < -0.3 is 15.2 Å².